The van der Waals surface area contributed by atoms with Gasteiger partial charge in [0.05, 0.1) is 4.88 Å². The molecule has 0 saturated carbocycles. The molecule has 8 heteroatoms. The van der Waals surface area contributed by atoms with Crippen molar-refractivity contribution < 1.29 is 13.2 Å². The van der Waals surface area contributed by atoms with Gasteiger partial charge in [0, 0.05) is 24.0 Å². The van der Waals surface area contributed by atoms with E-state index in [4.69, 9.17) is 5.14 Å². The van der Waals surface area contributed by atoms with Crippen molar-refractivity contribution in [2.24, 2.45) is 11.1 Å². The number of thiophene rings is 1. The number of hydrogen-bond donors (Lipinski definition) is 2. The third kappa shape index (κ3) is 4.77. The standard InChI is InChI=1S/C14H23N3O3S2/c1-10(2)9-12-3-4-13(21-12)14(18)16-11-5-7-17(8-6-11)22(15,19)20/h3-4,10-11H,5-9H2,1-2H3,(H,16,18)(H2,15,19,20). The van der Waals surface area contributed by atoms with Crippen LogP contribution in [0.15, 0.2) is 12.1 Å². The molecule has 1 aromatic heterocycles. The van der Waals surface area contributed by atoms with Gasteiger partial charge in [-0.15, -0.1) is 11.3 Å². The van der Waals surface area contributed by atoms with Crippen molar-refractivity contribution in [2.75, 3.05) is 13.1 Å². The van der Waals surface area contributed by atoms with Gasteiger partial charge in [-0.1, -0.05) is 13.8 Å². The number of nitrogens with two attached hydrogens (primary N) is 1. The summed E-state index contributed by atoms with van der Waals surface area (Å²) in [7, 11) is -3.62. The highest BCUT2D eigenvalue weighted by molar-refractivity contribution is 7.86. The Morgan fingerprint density at radius 2 is 2.05 bits per heavy atom. The zero-order valence-corrected chi connectivity index (χ0v) is 14.5. The van der Waals surface area contributed by atoms with Crippen LogP contribution < -0.4 is 10.5 Å². The van der Waals surface area contributed by atoms with Gasteiger partial charge in [-0.25, -0.2) is 5.14 Å². The molecule has 0 aliphatic carbocycles. The van der Waals surface area contributed by atoms with Gasteiger partial charge in [0.15, 0.2) is 0 Å². The maximum absolute atomic E-state index is 12.2. The maximum atomic E-state index is 12.2. The Balaban J connectivity index is 1.87. The lowest BCUT2D eigenvalue weighted by Crippen LogP contribution is -2.48. The molecule has 2 rings (SSSR count). The lowest BCUT2D eigenvalue weighted by atomic mass is 10.1. The Bertz CT molecular complexity index is 617. The summed E-state index contributed by atoms with van der Waals surface area (Å²) in [5, 5.41) is 8.09. The molecule has 2 heterocycles. The van der Waals surface area contributed by atoms with Gasteiger partial charge in [-0.3, -0.25) is 4.79 Å². The minimum Gasteiger partial charge on any atom is -0.349 e. The Morgan fingerprint density at radius 1 is 1.41 bits per heavy atom. The Hall–Kier alpha value is -0.960. The van der Waals surface area contributed by atoms with Crippen LogP contribution in [0.5, 0.6) is 0 Å². The molecule has 0 unspecified atom stereocenters. The SMILES string of the molecule is CC(C)Cc1ccc(C(=O)NC2CCN(S(N)(=O)=O)CC2)s1. The molecule has 0 radical (unpaired) electrons. The number of amides is 1. The first-order valence-corrected chi connectivity index (χ1v) is 9.75. The van der Waals surface area contributed by atoms with E-state index >= 15 is 0 Å². The molecule has 0 atom stereocenters. The molecule has 0 bridgehead atoms. The molecule has 0 aromatic carbocycles. The molecule has 1 aliphatic rings. The van der Waals surface area contributed by atoms with Crippen molar-refractivity contribution in [1.82, 2.24) is 9.62 Å². The number of carbonyl (C=O) groups excluding carboxylic acids is 1. The molecular formula is C14H23N3O3S2. The predicted octanol–water partition coefficient (Wildman–Crippen LogP) is 1.34. The van der Waals surface area contributed by atoms with Gasteiger partial charge < -0.3 is 5.32 Å². The van der Waals surface area contributed by atoms with Crippen molar-refractivity contribution in [2.45, 2.75) is 39.2 Å². The second-order valence-electron chi connectivity index (χ2n) is 6.06. The van der Waals surface area contributed by atoms with Gasteiger partial charge in [0.2, 0.25) is 0 Å². The first-order chi connectivity index (χ1) is 10.3. The third-order valence-electron chi connectivity index (χ3n) is 3.64. The van der Waals surface area contributed by atoms with Crippen molar-refractivity contribution in [1.29, 1.82) is 0 Å². The molecular weight excluding hydrogens is 322 g/mol. The fraction of sp³-hybridized carbons (Fsp3) is 0.643. The van der Waals surface area contributed by atoms with Crippen LogP contribution in [0.1, 0.15) is 41.2 Å². The largest absolute Gasteiger partial charge is 0.349 e. The van der Waals surface area contributed by atoms with E-state index in [1.165, 1.54) is 20.5 Å². The van der Waals surface area contributed by atoms with Crippen LogP contribution in [0.4, 0.5) is 0 Å². The van der Waals surface area contributed by atoms with Crippen LogP contribution in [0.25, 0.3) is 0 Å². The molecule has 1 aliphatic heterocycles. The molecule has 1 fully saturated rings. The van der Waals surface area contributed by atoms with Gasteiger partial charge in [0.1, 0.15) is 0 Å². The minimum absolute atomic E-state index is 0.00106. The second kappa shape index (κ2) is 7.08. The molecule has 1 amide bonds. The molecule has 3 N–H and O–H groups in total. The van der Waals surface area contributed by atoms with E-state index in [-0.39, 0.29) is 11.9 Å². The summed E-state index contributed by atoms with van der Waals surface area (Å²) >= 11 is 1.52. The molecule has 6 nitrogen and oxygen atoms in total. The van der Waals surface area contributed by atoms with Crippen LogP contribution in [0.2, 0.25) is 0 Å². The summed E-state index contributed by atoms with van der Waals surface area (Å²) in [4.78, 5) is 14.2. The van der Waals surface area contributed by atoms with Crippen LogP contribution in [0.3, 0.4) is 0 Å². The monoisotopic (exact) mass is 345 g/mol. The molecule has 0 spiro atoms. The van der Waals surface area contributed by atoms with Crippen molar-refractivity contribution in [3.05, 3.63) is 21.9 Å². The average molecular weight is 345 g/mol. The first-order valence-electron chi connectivity index (χ1n) is 7.43. The fourth-order valence-electron chi connectivity index (χ4n) is 2.52. The van der Waals surface area contributed by atoms with Gasteiger partial charge in [0.25, 0.3) is 16.1 Å². The highest BCUT2D eigenvalue weighted by atomic mass is 32.2. The lowest BCUT2D eigenvalue weighted by Gasteiger charge is -2.30. The van der Waals surface area contributed by atoms with E-state index in [9.17, 15) is 13.2 Å². The molecule has 1 saturated heterocycles. The summed E-state index contributed by atoms with van der Waals surface area (Å²) < 4.78 is 23.7. The highest BCUT2D eigenvalue weighted by Crippen LogP contribution is 2.20. The summed E-state index contributed by atoms with van der Waals surface area (Å²) in [6.07, 6.45) is 2.16. The number of rotatable bonds is 5. The zero-order chi connectivity index (χ0) is 16.3. The zero-order valence-electron chi connectivity index (χ0n) is 12.9. The number of nitrogens with one attached hydrogen (secondary N) is 1. The Labute approximate surface area is 135 Å². The molecule has 124 valence electrons. The Kier molecular flexibility index (Phi) is 5.60. The van der Waals surface area contributed by atoms with Gasteiger partial charge in [-0.05, 0) is 37.3 Å². The van der Waals surface area contributed by atoms with Crippen molar-refractivity contribution in [3.63, 3.8) is 0 Å². The topological polar surface area (TPSA) is 92.5 Å². The van der Waals surface area contributed by atoms with Crippen LogP contribution >= 0.6 is 11.3 Å². The van der Waals surface area contributed by atoms with Gasteiger partial charge in [-0.2, -0.15) is 12.7 Å². The summed E-state index contributed by atoms with van der Waals surface area (Å²) in [6.45, 7) is 5.01. The lowest BCUT2D eigenvalue weighted by molar-refractivity contribution is 0.0928. The van der Waals surface area contributed by atoms with E-state index in [1.807, 2.05) is 12.1 Å². The van der Waals surface area contributed by atoms with Crippen LogP contribution in [0, 0.1) is 5.92 Å². The quantitative estimate of drug-likeness (QED) is 0.843. The third-order valence-corrected chi connectivity index (χ3v) is 5.84. The molecule has 22 heavy (non-hydrogen) atoms. The number of hydrogen-bond acceptors (Lipinski definition) is 4. The maximum Gasteiger partial charge on any atom is 0.276 e. The summed E-state index contributed by atoms with van der Waals surface area (Å²) in [5.41, 5.74) is 0. The highest BCUT2D eigenvalue weighted by Gasteiger charge is 2.26. The number of piperidine rings is 1. The smallest absolute Gasteiger partial charge is 0.276 e. The fourth-order valence-corrected chi connectivity index (χ4v) is 4.37. The average Bonchev–Trinajstić information content (AvgIpc) is 2.86. The normalized spacial score (nSPS) is 17.8. The number of carbonyl (C=O) groups is 1. The van der Waals surface area contributed by atoms with E-state index in [0.717, 1.165) is 6.42 Å². The van der Waals surface area contributed by atoms with Crippen LogP contribution in [-0.4, -0.2) is 37.8 Å². The van der Waals surface area contributed by atoms with E-state index < -0.39 is 10.2 Å². The van der Waals surface area contributed by atoms with Gasteiger partial charge >= 0.3 is 0 Å². The van der Waals surface area contributed by atoms with Crippen LogP contribution in [-0.2, 0) is 16.6 Å². The second-order valence-corrected chi connectivity index (χ2v) is 8.77. The predicted molar refractivity (Wildman–Crippen MR) is 88.0 cm³/mol. The first kappa shape index (κ1) is 17.4. The van der Waals surface area contributed by atoms with Crippen molar-refractivity contribution >= 4 is 27.5 Å². The summed E-state index contributed by atoms with van der Waals surface area (Å²) in [6, 6.07) is 3.86. The van der Waals surface area contributed by atoms with Crippen molar-refractivity contribution in [3.8, 4) is 0 Å². The van der Waals surface area contributed by atoms with E-state index in [0.29, 0.717) is 36.7 Å². The molecule has 1 aromatic rings. The minimum atomic E-state index is -3.62. The summed E-state index contributed by atoms with van der Waals surface area (Å²) in [5.74, 6) is 0.492. The number of nitrogens with zero attached hydrogens (tertiary/aromatic N) is 1. The van der Waals surface area contributed by atoms with E-state index in [1.54, 1.807) is 0 Å². The van der Waals surface area contributed by atoms with E-state index in [2.05, 4.69) is 19.2 Å². The Morgan fingerprint density at radius 3 is 2.59 bits per heavy atom.